The molecule has 0 saturated heterocycles. The van der Waals surface area contributed by atoms with E-state index in [9.17, 15) is 9.59 Å². The third kappa shape index (κ3) is 3.81. The van der Waals surface area contributed by atoms with Crippen molar-refractivity contribution < 1.29 is 32.6 Å². The second-order valence-corrected chi connectivity index (χ2v) is 7.22. The van der Waals surface area contributed by atoms with Crippen molar-refractivity contribution in [2.24, 2.45) is 0 Å². The Bertz CT molecular complexity index is 1580. The Hall–Kier alpha value is -4.72. The van der Waals surface area contributed by atoms with Gasteiger partial charge in [-0.1, -0.05) is 24.3 Å². The summed E-state index contributed by atoms with van der Waals surface area (Å²) in [5.74, 6) is 0.870. The first-order chi connectivity index (χ1) is 16.6. The molecule has 0 aliphatic carbocycles. The van der Waals surface area contributed by atoms with Gasteiger partial charge in [0.05, 0.1) is 19.6 Å². The molecule has 34 heavy (non-hydrogen) atoms. The van der Waals surface area contributed by atoms with Crippen molar-refractivity contribution >= 4 is 27.9 Å². The quantitative estimate of drug-likeness (QED) is 0.241. The Morgan fingerprint density at radius 3 is 2.38 bits per heavy atom. The number of methoxy groups -OCH3 is 2. The van der Waals surface area contributed by atoms with Gasteiger partial charge in [0.25, 0.3) is 0 Å². The predicted octanol–water partition coefficient (Wildman–Crippen LogP) is 5.57. The number of esters is 1. The van der Waals surface area contributed by atoms with Gasteiger partial charge in [0.2, 0.25) is 16.9 Å². The van der Waals surface area contributed by atoms with Gasteiger partial charge in [0.1, 0.15) is 17.6 Å². The van der Waals surface area contributed by atoms with E-state index in [0.29, 0.717) is 28.2 Å². The van der Waals surface area contributed by atoms with Crippen molar-refractivity contribution in [1.29, 1.82) is 0 Å². The predicted molar refractivity (Wildman–Crippen MR) is 123 cm³/mol. The molecule has 0 spiro atoms. The number of hydrogen-bond acceptors (Lipinski definition) is 8. The Labute approximate surface area is 192 Å². The minimum Gasteiger partial charge on any atom is -0.493 e. The third-order valence-electron chi connectivity index (χ3n) is 5.14. The number of benzene rings is 3. The first-order valence-corrected chi connectivity index (χ1v) is 10.2. The van der Waals surface area contributed by atoms with Gasteiger partial charge in [0.15, 0.2) is 22.8 Å². The average Bonchev–Trinajstić information content (AvgIpc) is 3.31. The molecule has 170 valence electrons. The van der Waals surface area contributed by atoms with Crippen molar-refractivity contribution in [1.82, 2.24) is 0 Å². The molecule has 0 aliphatic heterocycles. The Balaban J connectivity index is 1.41. The summed E-state index contributed by atoms with van der Waals surface area (Å²) in [5, 5.41) is 0.971. The molecule has 0 atom stereocenters. The second-order valence-electron chi connectivity index (χ2n) is 7.22. The first kappa shape index (κ1) is 21.1. The highest BCUT2D eigenvalue weighted by Crippen LogP contribution is 2.32. The number of ether oxygens (including phenoxy) is 4. The van der Waals surface area contributed by atoms with E-state index < -0.39 is 5.97 Å². The fourth-order valence-corrected chi connectivity index (χ4v) is 3.50. The van der Waals surface area contributed by atoms with Crippen molar-refractivity contribution in [3.63, 3.8) is 0 Å². The topological polar surface area (TPSA) is 97.3 Å². The van der Waals surface area contributed by atoms with Crippen LogP contribution in [0.5, 0.6) is 28.7 Å². The van der Waals surface area contributed by atoms with Crippen LogP contribution in [0.3, 0.4) is 0 Å². The molecule has 3 aromatic carbocycles. The van der Waals surface area contributed by atoms with E-state index in [1.807, 2.05) is 0 Å². The zero-order valence-electron chi connectivity index (χ0n) is 18.2. The van der Waals surface area contributed by atoms with Gasteiger partial charge >= 0.3 is 5.97 Å². The summed E-state index contributed by atoms with van der Waals surface area (Å²) in [7, 11) is 3.03. The average molecular weight is 458 g/mol. The molecule has 5 rings (SSSR count). The van der Waals surface area contributed by atoms with E-state index in [2.05, 4.69) is 0 Å². The van der Waals surface area contributed by atoms with Crippen molar-refractivity contribution in [2.45, 2.75) is 0 Å². The lowest BCUT2D eigenvalue weighted by atomic mass is 10.2. The smallest absolute Gasteiger partial charge is 0.379 e. The highest BCUT2D eigenvalue weighted by Gasteiger charge is 2.18. The van der Waals surface area contributed by atoms with E-state index >= 15 is 0 Å². The van der Waals surface area contributed by atoms with Crippen LogP contribution in [0.15, 0.2) is 86.6 Å². The van der Waals surface area contributed by atoms with Gasteiger partial charge in [-0.05, 0) is 36.4 Å². The van der Waals surface area contributed by atoms with E-state index in [1.54, 1.807) is 48.5 Å². The summed E-state index contributed by atoms with van der Waals surface area (Å²) < 4.78 is 32.8. The molecule has 0 amide bonds. The lowest BCUT2D eigenvalue weighted by Crippen LogP contribution is -2.08. The highest BCUT2D eigenvalue weighted by atomic mass is 16.6. The molecule has 5 aromatic rings. The number of rotatable bonds is 6. The minimum absolute atomic E-state index is 0.00188. The first-order valence-electron chi connectivity index (χ1n) is 10.2. The Morgan fingerprint density at radius 1 is 0.824 bits per heavy atom. The largest absolute Gasteiger partial charge is 0.493 e. The number of carbonyl (C=O) groups excluding carboxylic acids is 1. The summed E-state index contributed by atoms with van der Waals surface area (Å²) in [6.07, 6.45) is 1.20. The molecule has 8 heteroatoms. The molecule has 8 nitrogen and oxygen atoms in total. The molecule has 0 saturated carbocycles. The van der Waals surface area contributed by atoms with Crippen molar-refractivity contribution in [3.05, 3.63) is 89.0 Å². The number of para-hydroxylation sites is 3. The van der Waals surface area contributed by atoms with Crippen LogP contribution in [0.4, 0.5) is 0 Å². The molecule has 2 heterocycles. The summed E-state index contributed by atoms with van der Waals surface area (Å²) in [5.41, 5.74) is 0.299. The number of carbonyl (C=O) groups is 1. The number of hydrogen-bond donors (Lipinski definition) is 0. The van der Waals surface area contributed by atoms with Gasteiger partial charge in [-0.3, -0.25) is 4.79 Å². The lowest BCUT2D eigenvalue weighted by molar-refractivity contribution is 0.0704. The van der Waals surface area contributed by atoms with Crippen LogP contribution >= 0.6 is 0 Å². The number of fused-ring (bicyclic) bond motifs is 2. The fraction of sp³-hybridized carbons (Fsp3) is 0.0769. The normalized spacial score (nSPS) is 10.9. The molecule has 0 unspecified atom stereocenters. The molecule has 0 fully saturated rings. The maximum Gasteiger partial charge on any atom is 0.379 e. The molecule has 0 N–H and O–H groups in total. The van der Waals surface area contributed by atoms with Crippen LogP contribution in [0, 0.1) is 0 Å². The van der Waals surface area contributed by atoms with Crippen LogP contribution in [-0.2, 0) is 0 Å². The maximum absolute atomic E-state index is 12.9. The molecular weight excluding hydrogens is 440 g/mol. The molecule has 2 aromatic heterocycles. The van der Waals surface area contributed by atoms with Crippen LogP contribution in [0.1, 0.15) is 10.6 Å². The Kier molecular flexibility index (Phi) is 5.39. The van der Waals surface area contributed by atoms with Gasteiger partial charge in [-0.25, -0.2) is 4.79 Å². The van der Waals surface area contributed by atoms with E-state index in [-0.39, 0.29) is 33.7 Å². The zero-order chi connectivity index (χ0) is 23.7. The van der Waals surface area contributed by atoms with Gasteiger partial charge in [0, 0.05) is 11.5 Å². The Morgan fingerprint density at radius 2 is 1.59 bits per heavy atom. The molecule has 0 aliphatic rings. The van der Waals surface area contributed by atoms with Gasteiger partial charge < -0.3 is 27.8 Å². The monoisotopic (exact) mass is 458 g/mol. The van der Waals surface area contributed by atoms with Crippen molar-refractivity contribution in [2.75, 3.05) is 14.2 Å². The summed E-state index contributed by atoms with van der Waals surface area (Å²) in [4.78, 5) is 25.5. The standard InChI is InChI=1S/C26H18O8/c1-29-18-7-3-4-8-19(18)33-23-14-31-21-13-16(10-11-17(21)24(23)27)32-26(28)22-12-15-6-5-9-20(30-2)25(15)34-22/h3-14H,1-2H3. The van der Waals surface area contributed by atoms with Crippen LogP contribution in [0.2, 0.25) is 0 Å². The summed E-state index contributed by atoms with van der Waals surface area (Å²) >= 11 is 0. The maximum atomic E-state index is 12.9. The van der Waals surface area contributed by atoms with Gasteiger partial charge in [-0.15, -0.1) is 0 Å². The zero-order valence-corrected chi connectivity index (χ0v) is 18.2. The number of furan rings is 1. The minimum atomic E-state index is -0.698. The molecule has 0 radical (unpaired) electrons. The summed E-state index contributed by atoms with van der Waals surface area (Å²) in [6, 6.07) is 18.3. The van der Waals surface area contributed by atoms with E-state index in [0.717, 1.165) is 0 Å². The van der Waals surface area contributed by atoms with Crippen molar-refractivity contribution in [3.8, 4) is 28.7 Å². The van der Waals surface area contributed by atoms with E-state index in [1.165, 1.54) is 38.7 Å². The third-order valence-corrected chi connectivity index (χ3v) is 5.14. The van der Waals surface area contributed by atoms with Gasteiger partial charge in [-0.2, -0.15) is 0 Å². The second kappa shape index (κ2) is 8.67. The van der Waals surface area contributed by atoms with Crippen LogP contribution in [0.25, 0.3) is 21.9 Å². The fourth-order valence-electron chi connectivity index (χ4n) is 3.50. The van der Waals surface area contributed by atoms with Crippen LogP contribution < -0.4 is 24.4 Å². The lowest BCUT2D eigenvalue weighted by Gasteiger charge is -2.09. The molecular formula is C26H18O8. The SMILES string of the molecule is COc1ccccc1Oc1coc2cc(OC(=O)c3cc4cccc(OC)c4o3)ccc2c1=O. The van der Waals surface area contributed by atoms with E-state index in [4.69, 9.17) is 27.8 Å². The summed E-state index contributed by atoms with van der Waals surface area (Å²) in [6.45, 7) is 0. The van der Waals surface area contributed by atoms with Crippen LogP contribution in [-0.4, -0.2) is 20.2 Å². The highest BCUT2D eigenvalue weighted by molar-refractivity contribution is 5.95. The molecule has 0 bridgehead atoms.